The zero-order valence-electron chi connectivity index (χ0n) is 7.83. The molecular weight excluding hydrogens is 166 g/mol. The third kappa shape index (κ3) is 1.70. The van der Waals surface area contributed by atoms with Crippen LogP contribution < -0.4 is 5.32 Å². The molecule has 1 aliphatic heterocycles. The fraction of sp³-hybridized carbons (Fsp3) is 0.900. The normalized spacial score (nSPS) is 35.4. The first kappa shape index (κ1) is 9.00. The first-order chi connectivity index (χ1) is 6.29. The molecule has 3 nitrogen and oxygen atoms in total. The molecule has 2 aliphatic rings. The van der Waals surface area contributed by atoms with Crippen LogP contribution in [0.5, 0.6) is 0 Å². The van der Waals surface area contributed by atoms with Crippen molar-refractivity contribution in [3.63, 3.8) is 0 Å². The molecule has 2 N–H and O–H groups in total. The van der Waals surface area contributed by atoms with Gasteiger partial charge in [-0.05, 0) is 31.3 Å². The second kappa shape index (κ2) is 3.66. The zero-order chi connectivity index (χ0) is 9.26. The van der Waals surface area contributed by atoms with Crippen molar-refractivity contribution in [2.75, 3.05) is 13.1 Å². The number of piperidine rings is 1. The minimum absolute atomic E-state index is 0.0773. The molecule has 74 valence electrons. The maximum absolute atomic E-state index is 11.0. The Hall–Kier alpha value is -0.570. The highest BCUT2D eigenvalue weighted by Gasteiger charge is 2.38. The topological polar surface area (TPSA) is 49.3 Å². The molecule has 0 aromatic heterocycles. The Morgan fingerprint density at radius 1 is 1.31 bits per heavy atom. The quantitative estimate of drug-likeness (QED) is 0.674. The number of aliphatic carboxylic acids is 1. The fourth-order valence-electron chi connectivity index (χ4n) is 2.55. The summed E-state index contributed by atoms with van der Waals surface area (Å²) in [5, 5.41) is 12.4. The Morgan fingerprint density at radius 2 is 2.08 bits per heavy atom. The number of nitrogens with one attached hydrogen (secondary N) is 1. The van der Waals surface area contributed by atoms with E-state index in [1.54, 1.807) is 0 Å². The SMILES string of the molecule is O=C(O)C1CCNCC1C1CCC1. The minimum atomic E-state index is -0.585. The second-order valence-corrected chi connectivity index (χ2v) is 4.29. The molecule has 13 heavy (non-hydrogen) atoms. The summed E-state index contributed by atoms with van der Waals surface area (Å²) in [6.45, 7) is 1.79. The lowest BCUT2D eigenvalue weighted by atomic mass is 9.68. The van der Waals surface area contributed by atoms with Crippen LogP contribution in [0.15, 0.2) is 0 Å². The van der Waals surface area contributed by atoms with Crippen molar-refractivity contribution in [3.05, 3.63) is 0 Å². The maximum atomic E-state index is 11.0. The van der Waals surface area contributed by atoms with Gasteiger partial charge < -0.3 is 10.4 Å². The molecule has 3 heteroatoms. The van der Waals surface area contributed by atoms with Crippen LogP contribution in [0.2, 0.25) is 0 Å². The van der Waals surface area contributed by atoms with Crippen LogP contribution in [0, 0.1) is 17.8 Å². The summed E-state index contributed by atoms with van der Waals surface area (Å²) < 4.78 is 0. The van der Waals surface area contributed by atoms with Crippen LogP contribution in [0.4, 0.5) is 0 Å². The molecule has 2 unspecified atom stereocenters. The average molecular weight is 183 g/mol. The van der Waals surface area contributed by atoms with Crippen molar-refractivity contribution in [2.24, 2.45) is 17.8 Å². The van der Waals surface area contributed by atoms with Crippen molar-refractivity contribution in [1.29, 1.82) is 0 Å². The van der Waals surface area contributed by atoms with Gasteiger partial charge in [0.2, 0.25) is 0 Å². The van der Waals surface area contributed by atoms with Gasteiger partial charge in [0.25, 0.3) is 0 Å². The van der Waals surface area contributed by atoms with E-state index in [1.807, 2.05) is 0 Å². The highest BCUT2D eigenvalue weighted by molar-refractivity contribution is 5.70. The summed E-state index contributed by atoms with van der Waals surface area (Å²) in [7, 11) is 0. The third-order valence-electron chi connectivity index (χ3n) is 3.60. The lowest BCUT2D eigenvalue weighted by Crippen LogP contribution is -2.45. The van der Waals surface area contributed by atoms with E-state index in [4.69, 9.17) is 5.11 Å². The van der Waals surface area contributed by atoms with E-state index in [-0.39, 0.29) is 5.92 Å². The summed E-state index contributed by atoms with van der Waals surface area (Å²) in [6.07, 6.45) is 4.61. The zero-order valence-corrected chi connectivity index (χ0v) is 7.83. The van der Waals surface area contributed by atoms with Crippen LogP contribution in [0.25, 0.3) is 0 Å². The van der Waals surface area contributed by atoms with Gasteiger partial charge in [0.1, 0.15) is 0 Å². The summed E-state index contributed by atoms with van der Waals surface area (Å²) in [6, 6.07) is 0. The van der Waals surface area contributed by atoms with Crippen molar-refractivity contribution in [3.8, 4) is 0 Å². The maximum Gasteiger partial charge on any atom is 0.306 e. The summed E-state index contributed by atoms with van der Waals surface area (Å²) in [4.78, 5) is 11.0. The van der Waals surface area contributed by atoms with Crippen molar-refractivity contribution in [2.45, 2.75) is 25.7 Å². The van der Waals surface area contributed by atoms with Crippen LogP contribution in [0.3, 0.4) is 0 Å². The predicted octanol–water partition coefficient (Wildman–Crippen LogP) is 1.10. The molecular formula is C10H17NO2. The first-order valence-corrected chi connectivity index (χ1v) is 5.22. The monoisotopic (exact) mass is 183 g/mol. The smallest absolute Gasteiger partial charge is 0.306 e. The van der Waals surface area contributed by atoms with Gasteiger partial charge in [-0.3, -0.25) is 4.79 Å². The Labute approximate surface area is 78.5 Å². The number of hydrogen-bond acceptors (Lipinski definition) is 2. The Balaban J connectivity index is 1.99. The van der Waals surface area contributed by atoms with Crippen LogP contribution in [0.1, 0.15) is 25.7 Å². The van der Waals surface area contributed by atoms with Crippen LogP contribution in [-0.2, 0) is 4.79 Å². The lowest BCUT2D eigenvalue weighted by molar-refractivity contribution is -0.146. The molecule has 0 aromatic rings. The lowest BCUT2D eigenvalue weighted by Gasteiger charge is -2.39. The number of carboxylic acid groups (broad SMARTS) is 1. The van der Waals surface area contributed by atoms with Gasteiger partial charge in [0, 0.05) is 0 Å². The highest BCUT2D eigenvalue weighted by atomic mass is 16.4. The minimum Gasteiger partial charge on any atom is -0.481 e. The summed E-state index contributed by atoms with van der Waals surface area (Å²) in [5.74, 6) is 0.429. The van der Waals surface area contributed by atoms with Gasteiger partial charge >= 0.3 is 5.97 Å². The van der Waals surface area contributed by atoms with Crippen LogP contribution >= 0.6 is 0 Å². The van der Waals surface area contributed by atoms with Gasteiger partial charge in [-0.2, -0.15) is 0 Å². The van der Waals surface area contributed by atoms with E-state index in [2.05, 4.69) is 5.32 Å². The standard InChI is InChI=1S/C10H17NO2/c12-10(13)8-4-5-11-6-9(8)7-2-1-3-7/h7-9,11H,1-6H2,(H,12,13). The average Bonchev–Trinajstić information content (AvgIpc) is 2.02. The number of hydrogen-bond donors (Lipinski definition) is 2. The van der Waals surface area contributed by atoms with Crippen molar-refractivity contribution in [1.82, 2.24) is 5.32 Å². The molecule has 0 bridgehead atoms. The van der Waals surface area contributed by atoms with Gasteiger partial charge in [0.15, 0.2) is 0 Å². The van der Waals surface area contributed by atoms with E-state index in [1.165, 1.54) is 19.3 Å². The van der Waals surface area contributed by atoms with E-state index in [0.29, 0.717) is 11.8 Å². The van der Waals surface area contributed by atoms with Gasteiger partial charge in [-0.1, -0.05) is 19.3 Å². The van der Waals surface area contributed by atoms with E-state index >= 15 is 0 Å². The third-order valence-corrected chi connectivity index (χ3v) is 3.60. The first-order valence-electron chi connectivity index (χ1n) is 5.22. The summed E-state index contributed by atoms with van der Waals surface area (Å²) >= 11 is 0. The molecule has 0 radical (unpaired) electrons. The Bertz CT molecular complexity index is 201. The Kier molecular flexibility index (Phi) is 2.54. The number of carbonyl (C=O) groups is 1. The van der Waals surface area contributed by atoms with Crippen molar-refractivity contribution < 1.29 is 9.90 Å². The van der Waals surface area contributed by atoms with Gasteiger partial charge in [-0.25, -0.2) is 0 Å². The second-order valence-electron chi connectivity index (χ2n) is 4.29. The molecule has 1 aliphatic carbocycles. The molecule has 2 atom stereocenters. The molecule has 1 heterocycles. The van der Waals surface area contributed by atoms with Crippen molar-refractivity contribution >= 4 is 5.97 Å². The van der Waals surface area contributed by atoms with Crippen LogP contribution in [-0.4, -0.2) is 24.2 Å². The van der Waals surface area contributed by atoms with E-state index in [0.717, 1.165) is 19.5 Å². The molecule has 2 fully saturated rings. The fourth-order valence-corrected chi connectivity index (χ4v) is 2.55. The van der Waals surface area contributed by atoms with E-state index in [9.17, 15) is 4.79 Å². The molecule has 1 saturated carbocycles. The molecule has 0 aromatic carbocycles. The molecule has 0 amide bonds. The predicted molar refractivity (Wildman–Crippen MR) is 49.4 cm³/mol. The Morgan fingerprint density at radius 3 is 2.62 bits per heavy atom. The molecule has 1 saturated heterocycles. The number of rotatable bonds is 2. The molecule has 2 rings (SSSR count). The highest BCUT2D eigenvalue weighted by Crippen LogP contribution is 2.39. The van der Waals surface area contributed by atoms with Gasteiger partial charge in [0.05, 0.1) is 5.92 Å². The van der Waals surface area contributed by atoms with Gasteiger partial charge in [-0.15, -0.1) is 0 Å². The number of carboxylic acids is 1. The molecule has 0 spiro atoms. The van der Waals surface area contributed by atoms with E-state index < -0.39 is 5.97 Å². The summed E-state index contributed by atoms with van der Waals surface area (Å²) in [5.41, 5.74) is 0. The largest absolute Gasteiger partial charge is 0.481 e.